The van der Waals surface area contributed by atoms with Crippen LogP contribution in [0.4, 0.5) is 5.69 Å². The van der Waals surface area contributed by atoms with E-state index < -0.39 is 23.8 Å². The van der Waals surface area contributed by atoms with Gasteiger partial charge in [-0.2, -0.15) is 0 Å². The molecule has 0 aliphatic heterocycles. The van der Waals surface area contributed by atoms with Gasteiger partial charge in [0.1, 0.15) is 0 Å². The molecule has 1 aromatic rings. The average molecular weight is 272 g/mol. The Morgan fingerprint density at radius 3 is 1.94 bits per heavy atom. The fourth-order valence-corrected chi connectivity index (χ4v) is 1.43. The van der Waals surface area contributed by atoms with Crippen molar-refractivity contribution >= 4 is 35.1 Å². The molecule has 0 aliphatic carbocycles. The van der Waals surface area contributed by atoms with Gasteiger partial charge < -0.3 is 15.1 Å². The fourth-order valence-electron chi connectivity index (χ4n) is 1.30. The van der Waals surface area contributed by atoms with Crippen molar-refractivity contribution < 1.29 is 24.6 Å². The van der Waals surface area contributed by atoms with Crippen LogP contribution in [0, 0.1) is 5.92 Å². The van der Waals surface area contributed by atoms with E-state index in [0.717, 1.165) is 4.90 Å². The highest BCUT2D eigenvalue weighted by atomic mass is 35.5. The van der Waals surface area contributed by atoms with E-state index in [1.54, 1.807) is 0 Å². The smallest absolute Gasteiger partial charge is 0.327 e. The van der Waals surface area contributed by atoms with E-state index in [1.165, 1.54) is 31.3 Å². The van der Waals surface area contributed by atoms with Gasteiger partial charge in [0.25, 0.3) is 5.91 Å². The van der Waals surface area contributed by atoms with Crippen LogP contribution >= 0.6 is 11.6 Å². The summed E-state index contributed by atoms with van der Waals surface area (Å²) in [7, 11) is 1.30. The second kappa shape index (κ2) is 5.50. The van der Waals surface area contributed by atoms with Crippen LogP contribution in [-0.2, 0) is 14.4 Å². The molecule has 0 atom stereocenters. The first kappa shape index (κ1) is 14.0. The van der Waals surface area contributed by atoms with Crippen molar-refractivity contribution in [2.24, 2.45) is 5.92 Å². The van der Waals surface area contributed by atoms with E-state index in [-0.39, 0.29) is 0 Å². The highest BCUT2D eigenvalue weighted by Gasteiger charge is 2.36. The minimum absolute atomic E-state index is 0.358. The number of amides is 1. The first-order valence-corrected chi connectivity index (χ1v) is 5.21. The zero-order chi connectivity index (χ0) is 13.9. The zero-order valence-corrected chi connectivity index (χ0v) is 10.1. The van der Waals surface area contributed by atoms with Crippen LogP contribution in [0.25, 0.3) is 0 Å². The van der Waals surface area contributed by atoms with Gasteiger partial charge in [-0.25, -0.2) is 0 Å². The quantitative estimate of drug-likeness (QED) is 0.799. The van der Waals surface area contributed by atoms with Gasteiger partial charge in [-0.15, -0.1) is 0 Å². The van der Waals surface area contributed by atoms with Crippen LogP contribution in [-0.4, -0.2) is 35.1 Å². The third-order valence-corrected chi connectivity index (χ3v) is 2.54. The van der Waals surface area contributed by atoms with Crippen molar-refractivity contribution in [2.45, 2.75) is 0 Å². The molecule has 0 bridgehead atoms. The molecule has 7 heteroatoms. The van der Waals surface area contributed by atoms with Gasteiger partial charge in [-0.3, -0.25) is 14.4 Å². The summed E-state index contributed by atoms with van der Waals surface area (Å²) in [4.78, 5) is 34.2. The topological polar surface area (TPSA) is 94.9 Å². The Bertz CT molecular complexity index is 471. The molecular formula is C11H10ClNO5. The Kier molecular flexibility index (Phi) is 4.28. The number of aliphatic carboxylic acids is 2. The molecule has 1 rings (SSSR count). The highest BCUT2D eigenvalue weighted by Crippen LogP contribution is 2.18. The Morgan fingerprint density at radius 2 is 1.56 bits per heavy atom. The molecule has 0 saturated heterocycles. The summed E-state index contributed by atoms with van der Waals surface area (Å²) in [6, 6.07) is 6.00. The molecule has 96 valence electrons. The Hall–Kier alpha value is -2.08. The minimum atomic E-state index is -2.12. The van der Waals surface area contributed by atoms with Crippen LogP contribution in [0.3, 0.4) is 0 Å². The summed E-state index contributed by atoms with van der Waals surface area (Å²) < 4.78 is 0. The largest absolute Gasteiger partial charge is 0.480 e. The summed E-state index contributed by atoms with van der Waals surface area (Å²) >= 11 is 5.67. The maximum atomic E-state index is 11.7. The van der Waals surface area contributed by atoms with Gasteiger partial charge in [0.15, 0.2) is 0 Å². The zero-order valence-electron chi connectivity index (χ0n) is 9.33. The van der Waals surface area contributed by atoms with Crippen molar-refractivity contribution in [3.8, 4) is 0 Å². The first-order valence-electron chi connectivity index (χ1n) is 4.83. The predicted octanol–water partition coefficient (Wildman–Crippen LogP) is 1.09. The van der Waals surface area contributed by atoms with Gasteiger partial charge in [0.2, 0.25) is 5.92 Å². The number of carbonyl (C=O) groups excluding carboxylic acids is 1. The summed E-state index contributed by atoms with van der Waals surface area (Å²) in [5.41, 5.74) is 0.358. The molecule has 6 nitrogen and oxygen atoms in total. The molecular weight excluding hydrogens is 262 g/mol. The lowest BCUT2D eigenvalue weighted by molar-refractivity contribution is -0.157. The third-order valence-electron chi connectivity index (χ3n) is 2.29. The number of halogens is 1. The normalized spacial score (nSPS) is 10.2. The first-order chi connectivity index (χ1) is 8.34. The van der Waals surface area contributed by atoms with E-state index in [4.69, 9.17) is 21.8 Å². The van der Waals surface area contributed by atoms with Crippen molar-refractivity contribution in [1.82, 2.24) is 0 Å². The summed E-state index contributed by atoms with van der Waals surface area (Å²) in [6.07, 6.45) is 0. The number of carbonyl (C=O) groups is 3. The Morgan fingerprint density at radius 1 is 1.11 bits per heavy atom. The molecule has 1 aromatic carbocycles. The second-order valence-electron chi connectivity index (χ2n) is 3.48. The SMILES string of the molecule is CN(C(=O)C(C(=O)O)C(=O)O)c1ccc(Cl)cc1. The van der Waals surface area contributed by atoms with E-state index in [2.05, 4.69) is 0 Å². The number of carboxylic acids is 2. The average Bonchev–Trinajstić information content (AvgIpc) is 2.28. The molecule has 0 unspecified atom stereocenters. The van der Waals surface area contributed by atoms with Crippen LogP contribution in [0.5, 0.6) is 0 Å². The minimum Gasteiger partial charge on any atom is -0.480 e. The monoisotopic (exact) mass is 271 g/mol. The third kappa shape index (κ3) is 2.98. The second-order valence-corrected chi connectivity index (χ2v) is 3.92. The molecule has 0 spiro atoms. The molecule has 0 fully saturated rings. The van der Waals surface area contributed by atoms with Crippen LogP contribution in [0.2, 0.25) is 5.02 Å². The number of anilines is 1. The molecule has 0 aromatic heterocycles. The van der Waals surface area contributed by atoms with E-state index in [9.17, 15) is 14.4 Å². The molecule has 0 radical (unpaired) electrons. The lowest BCUT2D eigenvalue weighted by Crippen LogP contribution is -2.41. The number of benzene rings is 1. The maximum absolute atomic E-state index is 11.7. The molecule has 0 saturated carbocycles. The molecule has 18 heavy (non-hydrogen) atoms. The number of rotatable bonds is 4. The predicted molar refractivity (Wildman–Crippen MR) is 63.6 cm³/mol. The van der Waals surface area contributed by atoms with E-state index in [1.807, 2.05) is 0 Å². The lowest BCUT2D eigenvalue weighted by atomic mass is 10.1. The van der Waals surface area contributed by atoms with Gasteiger partial charge >= 0.3 is 11.9 Å². The van der Waals surface area contributed by atoms with E-state index in [0.29, 0.717) is 10.7 Å². The summed E-state index contributed by atoms with van der Waals surface area (Å²) in [5, 5.41) is 17.9. The van der Waals surface area contributed by atoms with Crippen molar-refractivity contribution in [3.05, 3.63) is 29.3 Å². The van der Waals surface area contributed by atoms with Crippen LogP contribution in [0.1, 0.15) is 0 Å². The number of hydrogen-bond donors (Lipinski definition) is 2. The van der Waals surface area contributed by atoms with Crippen molar-refractivity contribution in [3.63, 3.8) is 0 Å². The number of nitrogens with zero attached hydrogens (tertiary/aromatic N) is 1. The summed E-state index contributed by atoms with van der Waals surface area (Å²) in [6.45, 7) is 0. The van der Waals surface area contributed by atoms with Gasteiger partial charge in [0, 0.05) is 17.8 Å². The van der Waals surface area contributed by atoms with Gasteiger partial charge in [-0.05, 0) is 24.3 Å². The summed E-state index contributed by atoms with van der Waals surface area (Å²) in [5.74, 6) is -6.55. The van der Waals surface area contributed by atoms with Gasteiger partial charge in [-0.1, -0.05) is 11.6 Å². The fraction of sp³-hybridized carbons (Fsp3) is 0.182. The Balaban J connectivity index is 2.99. The van der Waals surface area contributed by atoms with Crippen LogP contribution in [0.15, 0.2) is 24.3 Å². The highest BCUT2D eigenvalue weighted by molar-refractivity contribution is 6.30. The molecule has 1 amide bonds. The van der Waals surface area contributed by atoms with Crippen molar-refractivity contribution in [1.29, 1.82) is 0 Å². The number of carboxylic acid groups (broad SMARTS) is 2. The maximum Gasteiger partial charge on any atom is 0.327 e. The molecule has 2 N–H and O–H groups in total. The molecule has 0 heterocycles. The number of hydrogen-bond acceptors (Lipinski definition) is 3. The van der Waals surface area contributed by atoms with E-state index >= 15 is 0 Å². The Labute approximate surface area is 107 Å². The molecule has 0 aliphatic rings. The lowest BCUT2D eigenvalue weighted by Gasteiger charge is -2.19. The van der Waals surface area contributed by atoms with Crippen molar-refractivity contribution in [2.75, 3.05) is 11.9 Å². The van der Waals surface area contributed by atoms with Gasteiger partial charge in [0.05, 0.1) is 0 Å². The standard InChI is InChI=1S/C11H10ClNO5/c1-13(7-4-2-6(12)3-5-7)9(14)8(10(15)16)11(17)18/h2-5,8H,1H3,(H,15,16)(H,17,18). The van der Waals surface area contributed by atoms with Crippen LogP contribution < -0.4 is 4.90 Å².